The van der Waals surface area contributed by atoms with E-state index in [4.69, 9.17) is 10.3 Å². The quantitative estimate of drug-likeness (QED) is 0.397. The van der Waals surface area contributed by atoms with Crippen molar-refractivity contribution in [3.05, 3.63) is 43.0 Å². The molecule has 23 heavy (non-hydrogen) atoms. The topological polar surface area (TPSA) is 153 Å². The van der Waals surface area contributed by atoms with E-state index in [1.54, 1.807) is 0 Å². The first-order valence-corrected chi connectivity index (χ1v) is 6.10. The van der Waals surface area contributed by atoms with Crippen LogP contribution in [0.4, 0.5) is 13.2 Å². The summed E-state index contributed by atoms with van der Waals surface area (Å²) in [4.78, 5) is 26.8. The maximum atomic E-state index is 12.7. The largest absolute Gasteiger partial charge is 0.423 e. The molecular weight excluding hydrogens is 327 g/mol. The number of hydrogen-bond acceptors (Lipinski definition) is 6. The van der Waals surface area contributed by atoms with Crippen molar-refractivity contribution in [2.75, 3.05) is 6.61 Å². The van der Waals surface area contributed by atoms with Gasteiger partial charge in [0.15, 0.2) is 5.72 Å². The van der Waals surface area contributed by atoms with E-state index in [0.29, 0.717) is 4.57 Å². The molecule has 1 saturated heterocycles. The highest BCUT2D eigenvalue weighted by Gasteiger charge is 2.49. The highest BCUT2D eigenvalue weighted by atomic mass is 19.4. The minimum atomic E-state index is -5.01. The predicted molar refractivity (Wildman–Crippen MR) is 66.0 cm³/mol. The molecule has 126 valence electrons. The lowest BCUT2D eigenvalue weighted by molar-refractivity contribution is -0.141. The van der Waals surface area contributed by atoms with E-state index in [1.807, 2.05) is 0 Å². The van der Waals surface area contributed by atoms with Crippen LogP contribution in [0.25, 0.3) is 10.4 Å². The van der Waals surface area contributed by atoms with Crippen molar-refractivity contribution in [1.82, 2.24) is 9.55 Å². The Labute approximate surface area is 124 Å². The summed E-state index contributed by atoms with van der Waals surface area (Å²) in [7, 11) is 0. The molecule has 0 unspecified atom stereocenters. The Morgan fingerprint density at radius 2 is 2.22 bits per heavy atom. The number of aliphatic hydroxyl groups excluding tert-OH is 2. The molecule has 1 aliphatic heterocycles. The zero-order valence-electron chi connectivity index (χ0n) is 11.2. The van der Waals surface area contributed by atoms with E-state index in [2.05, 4.69) is 10.0 Å². The Bertz CT molecular complexity index is 767. The number of hydrogen-bond donors (Lipinski definition) is 3. The fraction of sp³-hybridized carbons (Fsp3) is 0.600. The first-order valence-electron chi connectivity index (χ1n) is 6.10. The Morgan fingerprint density at radius 3 is 2.74 bits per heavy atom. The Kier molecular flexibility index (Phi) is 4.22. The van der Waals surface area contributed by atoms with Crippen molar-refractivity contribution in [3.63, 3.8) is 0 Å². The van der Waals surface area contributed by atoms with Crippen LogP contribution in [0.5, 0.6) is 0 Å². The molecule has 1 aromatic heterocycles. The van der Waals surface area contributed by atoms with E-state index in [0.717, 1.165) is 0 Å². The summed E-state index contributed by atoms with van der Waals surface area (Å²) in [5.41, 5.74) is 1.82. The molecule has 1 aliphatic rings. The smallest absolute Gasteiger partial charge is 0.393 e. The van der Waals surface area contributed by atoms with Gasteiger partial charge in [0.1, 0.15) is 11.8 Å². The highest BCUT2D eigenvalue weighted by molar-refractivity contribution is 5.10. The van der Waals surface area contributed by atoms with Crippen molar-refractivity contribution in [3.8, 4) is 0 Å². The zero-order valence-corrected chi connectivity index (χ0v) is 11.2. The lowest BCUT2D eigenvalue weighted by Gasteiger charge is -2.24. The fourth-order valence-electron chi connectivity index (χ4n) is 2.15. The zero-order chi connectivity index (χ0) is 17.4. The molecule has 0 bridgehead atoms. The summed E-state index contributed by atoms with van der Waals surface area (Å²) in [5, 5.41) is 22.1. The van der Waals surface area contributed by atoms with Gasteiger partial charge in [-0.3, -0.25) is 14.3 Å². The average molecular weight is 337 g/mol. The second-order valence-corrected chi connectivity index (χ2v) is 4.72. The van der Waals surface area contributed by atoms with Gasteiger partial charge < -0.3 is 14.9 Å². The molecule has 0 amide bonds. The molecule has 2 heterocycles. The van der Waals surface area contributed by atoms with Gasteiger partial charge in [0, 0.05) is 17.5 Å². The fourth-order valence-corrected chi connectivity index (χ4v) is 2.15. The maximum absolute atomic E-state index is 12.7. The molecule has 3 atom stereocenters. The van der Waals surface area contributed by atoms with E-state index in [1.165, 1.54) is 4.98 Å². The van der Waals surface area contributed by atoms with Crippen molar-refractivity contribution < 1.29 is 28.1 Å². The van der Waals surface area contributed by atoms with Gasteiger partial charge in [-0.05, 0) is 5.53 Å². The Morgan fingerprint density at radius 1 is 1.57 bits per heavy atom. The van der Waals surface area contributed by atoms with Crippen LogP contribution in [0.2, 0.25) is 0 Å². The third-order valence-corrected chi connectivity index (χ3v) is 3.31. The minimum absolute atomic E-state index is 0.238. The number of alkyl halides is 3. The summed E-state index contributed by atoms with van der Waals surface area (Å²) < 4.78 is 43.7. The number of halogens is 3. The molecule has 2 rings (SSSR count). The first kappa shape index (κ1) is 17.0. The Balaban J connectivity index is 2.50. The Hall–Kier alpha value is -2.34. The summed E-state index contributed by atoms with van der Waals surface area (Å²) in [5.74, 6) is 0. The van der Waals surface area contributed by atoms with Crippen LogP contribution >= 0.6 is 0 Å². The SMILES string of the molecule is [N-]=[N+]=N[C@]1(CO)O[C@@H](n2cc(C(F)(F)F)c(=O)[nH]c2=O)C[C@@H]1O. The summed E-state index contributed by atoms with van der Waals surface area (Å²) in [6, 6.07) is 0. The molecule has 13 heteroatoms. The van der Waals surface area contributed by atoms with Crippen LogP contribution in [0.15, 0.2) is 20.9 Å². The van der Waals surface area contributed by atoms with Crippen molar-refractivity contribution in [2.24, 2.45) is 5.11 Å². The molecule has 1 aromatic rings. The minimum Gasteiger partial charge on any atom is -0.393 e. The molecule has 0 saturated carbocycles. The number of aromatic amines is 1. The molecule has 0 aromatic carbocycles. The van der Waals surface area contributed by atoms with Gasteiger partial charge in [-0.2, -0.15) is 13.2 Å². The maximum Gasteiger partial charge on any atom is 0.423 e. The van der Waals surface area contributed by atoms with Gasteiger partial charge in [0.05, 0.1) is 12.7 Å². The normalized spacial score (nSPS) is 27.7. The predicted octanol–water partition coefficient (Wildman–Crippen LogP) is -0.166. The summed E-state index contributed by atoms with van der Waals surface area (Å²) >= 11 is 0. The van der Waals surface area contributed by atoms with E-state index < -0.39 is 54.1 Å². The van der Waals surface area contributed by atoms with Gasteiger partial charge in [-0.15, -0.1) is 0 Å². The van der Waals surface area contributed by atoms with Gasteiger partial charge in [-0.1, -0.05) is 5.11 Å². The summed E-state index contributed by atoms with van der Waals surface area (Å²) in [6.45, 7) is -0.959. The van der Waals surface area contributed by atoms with Gasteiger partial charge >= 0.3 is 11.9 Å². The number of ether oxygens (including phenoxy) is 1. The van der Waals surface area contributed by atoms with Gasteiger partial charge in [-0.25, -0.2) is 4.79 Å². The van der Waals surface area contributed by atoms with E-state index >= 15 is 0 Å². The molecule has 1 fully saturated rings. The van der Waals surface area contributed by atoms with Crippen molar-refractivity contribution in [1.29, 1.82) is 0 Å². The number of aromatic nitrogens is 2. The molecule has 0 spiro atoms. The van der Waals surface area contributed by atoms with Gasteiger partial charge in [0.25, 0.3) is 5.56 Å². The van der Waals surface area contributed by atoms with E-state index in [9.17, 15) is 33.0 Å². The van der Waals surface area contributed by atoms with Crippen LogP contribution in [0.3, 0.4) is 0 Å². The number of aliphatic hydroxyl groups is 2. The van der Waals surface area contributed by atoms with Crippen molar-refractivity contribution in [2.45, 2.75) is 30.7 Å². The van der Waals surface area contributed by atoms with Crippen LogP contribution in [-0.2, 0) is 10.9 Å². The van der Waals surface area contributed by atoms with Crippen molar-refractivity contribution >= 4 is 0 Å². The number of rotatable bonds is 3. The monoisotopic (exact) mass is 337 g/mol. The molecule has 0 radical (unpaired) electrons. The average Bonchev–Trinajstić information content (AvgIpc) is 2.75. The summed E-state index contributed by atoms with van der Waals surface area (Å²) in [6.07, 6.45) is -8.26. The molecule has 3 N–H and O–H groups in total. The third kappa shape index (κ3) is 2.94. The molecule has 10 nitrogen and oxygen atoms in total. The van der Waals surface area contributed by atoms with Crippen LogP contribution in [0.1, 0.15) is 18.2 Å². The lowest BCUT2D eigenvalue weighted by atomic mass is 10.1. The first-order chi connectivity index (χ1) is 10.6. The van der Waals surface area contributed by atoms with Crippen LogP contribution in [-0.4, -0.2) is 38.2 Å². The molecular formula is C10H10F3N5O5. The number of nitrogens with zero attached hydrogens (tertiary/aromatic N) is 4. The van der Waals surface area contributed by atoms with Crippen LogP contribution < -0.4 is 11.2 Å². The van der Waals surface area contributed by atoms with Gasteiger partial charge in [0.2, 0.25) is 0 Å². The van der Waals surface area contributed by atoms with E-state index in [-0.39, 0.29) is 6.20 Å². The molecule has 0 aliphatic carbocycles. The number of H-pyrrole nitrogens is 1. The third-order valence-electron chi connectivity index (χ3n) is 3.31. The number of azide groups is 1. The standard InChI is InChI=1S/C10H10F3N5O5/c11-10(12,13)4-2-18(8(22)15-7(4)21)6-1-5(20)9(3-19,23-6)16-17-14/h2,5-6,19-20H,1,3H2,(H,15,21,22)/t5-,6+,9+/m0/s1. The van der Waals surface area contributed by atoms with Crippen LogP contribution in [0, 0.1) is 0 Å². The second kappa shape index (κ2) is 5.70. The highest BCUT2D eigenvalue weighted by Crippen LogP contribution is 2.37. The second-order valence-electron chi connectivity index (χ2n) is 4.72. The number of nitrogens with one attached hydrogen (secondary N) is 1. The lowest BCUT2D eigenvalue weighted by Crippen LogP contribution is -2.41.